The first-order valence-electron chi connectivity index (χ1n) is 14.8. The molecule has 0 aromatic heterocycles. The highest BCUT2D eigenvalue weighted by atomic mass is 35.5. The van der Waals surface area contributed by atoms with Crippen LogP contribution in [0.1, 0.15) is 58.3 Å². The fraction of sp³-hybridized carbons (Fsp3) is 0.361. The smallest absolute Gasteiger partial charge is 0.162 e. The summed E-state index contributed by atoms with van der Waals surface area (Å²) in [6.45, 7) is 6.40. The zero-order valence-corrected chi connectivity index (χ0v) is 25.5. The SMILES string of the molecule is Cl.Cl.O=C(CCC1CCN(Cc2cccc3ccccc23)CC1)c1ccc2c(c1)CCN(Cc1ccccc1)CC2. The maximum Gasteiger partial charge on any atom is 0.162 e. The van der Waals surface area contributed by atoms with Crippen molar-refractivity contribution < 1.29 is 4.79 Å². The van der Waals surface area contributed by atoms with Gasteiger partial charge < -0.3 is 0 Å². The van der Waals surface area contributed by atoms with Gasteiger partial charge in [-0.05, 0) is 90.2 Å². The van der Waals surface area contributed by atoms with Crippen LogP contribution in [0.4, 0.5) is 0 Å². The molecule has 0 bridgehead atoms. The molecular formula is C36H42Cl2N2O. The van der Waals surface area contributed by atoms with Gasteiger partial charge in [0.25, 0.3) is 0 Å². The van der Waals surface area contributed by atoms with E-state index in [9.17, 15) is 4.79 Å². The van der Waals surface area contributed by atoms with E-state index in [0.717, 1.165) is 64.1 Å². The van der Waals surface area contributed by atoms with Crippen LogP contribution in [0.2, 0.25) is 0 Å². The van der Waals surface area contributed by atoms with Crippen molar-refractivity contribution in [3.8, 4) is 0 Å². The summed E-state index contributed by atoms with van der Waals surface area (Å²) in [6, 6.07) is 32.6. The number of rotatable bonds is 8. The molecule has 0 unspecified atom stereocenters. The first kappa shape index (κ1) is 31.3. The number of nitrogens with zero attached hydrogens (tertiary/aromatic N) is 2. The average Bonchev–Trinajstić information content (AvgIpc) is 3.19. The Morgan fingerprint density at radius 1 is 0.683 bits per heavy atom. The Balaban J connectivity index is 0.00000194. The number of piperidine rings is 1. The minimum Gasteiger partial charge on any atom is -0.299 e. The van der Waals surface area contributed by atoms with Crippen molar-refractivity contribution in [2.45, 2.75) is 51.6 Å². The van der Waals surface area contributed by atoms with E-state index < -0.39 is 0 Å². The number of ketones is 1. The molecule has 0 spiro atoms. The van der Waals surface area contributed by atoms with Crippen LogP contribution in [0.5, 0.6) is 0 Å². The minimum absolute atomic E-state index is 0. The van der Waals surface area contributed by atoms with Gasteiger partial charge in [-0.1, -0.05) is 84.9 Å². The number of carbonyl (C=O) groups is 1. The minimum atomic E-state index is 0. The Hall–Kier alpha value is -2.69. The van der Waals surface area contributed by atoms with Crippen LogP contribution < -0.4 is 0 Å². The molecule has 0 radical (unpaired) electrons. The van der Waals surface area contributed by atoms with Gasteiger partial charge in [0, 0.05) is 38.2 Å². The van der Waals surface area contributed by atoms with Gasteiger partial charge in [0.2, 0.25) is 0 Å². The van der Waals surface area contributed by atoms with E-state index >= 15 is 0 Å². The van der Waals surface area contributed by atoms with E-state index in [1.165, 1.54) is 45.9 Å². The number of likely N-dealkylation sites (tertiary alicyclic amines) is 1. The molecule has 3 nitrogen and oxygen atoms in total. The van der Waals surface area contributed by atoms with Crippen LogP contribution in [0.3, 0.4) is 0 Å². The van der Waals surface area contributed by atoms with E-state index in [2.05, 4.69) is 101 Å². The second kappa shape index (κ2) is 15.0. The zero-order valence-electron chi connectivity index (χ0n) is 23.8. The van der Waals surface area contributed by atoms with E-state index in [1.807, 2.05) is 0 Å². The summed E-state index contributed by atoms with van der Waals surface area (Å²) in [7, 11) is 0. The van der Waals surface area contributed by atoms with Crippen LogP contribution in [-0.2, 0) is 25.9 Å². The predicted octanol–water partition coefficient (Wildman–Crippen LogP) is 8.16. The molecule has 5 heteroatoms. The van der Waals surface area contributed by atoms with Gasteiger partial charge in [0.1, 0.15) is 0 Å². The number of halogens is 2. The standard InChI is InChI=1S/C36H40N2O.2ClH/c39-36(33-15-14-30-19-23-37(24-20-32(30)25-33)26-29-7-2-1-3-8-29)16-13-28-17-21-38(22-18-28)27-34-11-6-10-31-9-4-5-12-35(31)34;;/h1-12,14-15,25,28H,13,16-24,26-27H2;2*1H. The number of hydrogen-bond donors (Lipinski definition) is 0. The number of fused-ring (bicyclic) bond motifs is 2. The number of carbonyl (C=O) groups excluding carboxylic acids is 1. The van der Waals surface area contributed by atoms with Crippen molar-refractivity contribution in [3.05, 3.63) is 119 Å². The molecule has 4 aromatic rings. The number of Topliss-reactive ketones (excluding diaryl/α,β-unsaturated/α-hetero) is 1. The van der Waals surface area contributed by atoms with Crippen molar-refractivity contribution in [1.82, 2.24) is 9.80 Å². The molecule has 1 saturated heterocycles. The molecule has 0 saturated carbocycles. The molecule has 4 aromatic carbocycles. The summed E-state index contributed by atoms with van der Waals surface area (Å²) in [6.07, 6.45) is 6.17. The molecule has 6 rings (SSSR count). The summed E-state index contributed by atoms with van der Waals surface area (Å²) >= 11 is 0. The molecule has 0 amide bonds. The maximum absolute atomic E-state index is 13.2. The lowest BCUT2D eigenvalue weighted by atomic mass is 9.89. The van der Waals surface area contributed by atoms with Crippen molar-refractivity contribution in [1.29, 1.82) is 0 Å². The lowest BCUT2D eigenvalue weighted by molar-refractivity contribution is 0.0961. The molecule has 2 heterocycles. The lowest BCUT2D eigenvalue weighted by Gasteiger charge is -2.32. The average molecular weight is 590 g/mol. The van der Waals surface area contributed by atoms with Gasteiger partial charge >= 0.3 is 0 Å². The highest BCUT2D eigenvalue weighted by Gasteiger charge is 2.22. The first-order valence-corrected chi connectivity index (χ1v) is 14.8. The highest BCUT2D eigenvalue weighted by molar-refractivity contribution is 5.96. The third kappa shape index (κ3) is 7.99. The van der Waals surface area contributed by atoms with Gasteiger partial charge in [-0.3, -0.25) is 14.6 Å². The largest absolute Gasteiger partial charge is 0.299 e. The fourth-order valence-electron chi connectivity index (χ4n) is 6.53. The Kier molecular flexibility index (Phi) is 11.4. The van der Waals surface area contributed by atoms with E-state index in [-0.39, 0.29) is 24.8 Å². The highest BCUT2D eigenvalue weighted by Crippen LogP contribution is 2.27. The van der Waals surface area contributed by atoms with E-state index in [1.54, 1.807) is 0 Å². The quantitative estimate of drug-likeness (QED) is 0.194. The number of benzene rings is 4. The first-order chi connectivity index (χ1) is 19.2. The lowest BCUT2D eigenvalue weighted by Crippen LogP contribution is -2.33. The van der Waals surface area contributed by atoms with Crippen LogP contribution in [0, 0.1) is 5.92 Å². The predicted molar refractivity (Wildman–Crippen MR) is 176 cm³/mol. The summed E-state index contributed by atoms with van der Waals surface area (Å²) in [5, 5.41) is 2.70. The van der Waals surface area contributed by atoms with Crippen molar-refractivity contribution in [2.75, 3.05) is 26.2 Å². The molecule has 0 atom stereocenters. The summed E-state index contributed by atoms with van der Waals surface area (Å²) in [5.74, 6) is 0.978. The second-order valence-corrected chi connectivity index (χ2v) is 11.6. The van der Waals surface area contributed by atoms with Crippen molar-refractivity contribution in [2.24, 2.45) is 5.92 Å². The number of hydrogen-bond acceptors (Lipinski definition) is 3. The second-order valence-electron chi connectivity index (χ2n) is 11.6. The van der Waals surface area contributed by atoms with Gasteiger partial charge in [-0.25, -0.2) is 0 Å². The molecule has 1 fully saturated rings. The third-order valence-corrected chi connectivity index (χ3v) is 8.93. The maximum atomic E-state index is 13.2. The van der Waals surface area contributed by atoms with E-state index in [0.29, 0.717) is 18.1 Å². The topological polar surface area (TPSA) is 23.6 Å². The van der Waals surface area contributed by atoms with Crippen LogP contribution >= 0.6 is 24.8 Å². The monoisotopic (exact) mass is 588 g/mol. The third-order valence-electron chi connectivity index (χ3n) is 8.93. The normalized spacial score (nSPS) is 16.3. The Bertz CT molecular complexity index is 1410. The molecule has 41 heavy (non-hydrogen) atoms. The van der Waals surface area contributed by atoms with Crippen molar-refractivity contribution in [3.63, 3.8) is 0 Å². The molecule has 216 valence electrons. The van der Waals surface area contributed by atoms with Gasteiger partial charge in [-0.15, -0.1) is 24.8 Å². The van der Waals surface area contributed by atoms with Crippen LogP contribution in [-0.4, -0.2) is 41.8 Å². The van der Waals surface area contributed by atoms with Crippen LogP contribution in [0.15, 0.2) is 91.0 Å². The van der Waals surface area contributed by atoms with Gasteiger partial charge in [0.05, 0.1) is 0 Å². The molecule has 0 aliphatic carbocycles. The molecule has 0 N–H and O–H groups in total. The summed E-state index contributed by atoms with van der Waals surface area (Å²) < 4.78 is 0. The summed E-state index contributed by atoms with van der Waals surface area (Å²) in [5.41, 5.74) is 6.50. The zero-order chi connectivity index (χ0) is 26.4. The Morgan fingerprint density at radius 2 is 1.37 bits per heavy atom. The molecular weight excluding hydrogens is 547 g/mol. The molecule has 2 aliphatic rings. The fourth-order valence-corrected chi connectivity index (χ4v) is 6.53. The van der Waals surface area contributed by atoms with Crippen molar-refractivity contribution >= 4 is 41.4 Å². The summed E-state index contributed by atoms with van der Waals surface area (Å²) in [4.78, 5) is 18.3. The van der Waals surface area contributed by atoms with E-state index in [4.69, 9.17) is 0 Å². The molecule has 2 aliphatic heterocycles. The Labute approximate surface area is 257 Å². The van der Waals surface area contributed by atoms with Gasteiger partial charge in [-0.2, -0.15) is 0 Å². The Morgan fingerprint density at radius 3 is 2.17 bits per heavy atom. The van der Waals surface area contributed by atoms with Crippen LogP contribution in [0.25, 0.3) is 10.8 Å². The van der Waals surface area contributed by atoms with Gasteiger partial charge in [0.15, 0.2) is 5.78 Å².